The third kappa shape index (κ3) is 2.20. The number of carbonyl (C=O) groups is 2. The normalized spacial score (nSPS) is 22.1. The zero-order chi connectivity index (χ0) is 14.3. The van der Waals surface area contributed by atoms with E-state index in [1.54, 1.807) is 0 Å². The standard InChI is InChI=1S/C13H14ClN3O3/c14-10-3-2-9(13(19)20)12(15-10)16-5-6-17-8(7-16)1-4-11(17)18/h2-3,8H,1,4-7H2,(H,19,20). The Morgan fingerprint density at radius 2 is 2.20 bits per heavy atom. The van der Waals surface area contributed by atoms with Crippen LogP contribution in [0.5, 0.6) is 0 Å². The third-order valence-electron chi connectivity index (χ3n) is 3.87. The lowest BCUT2D eigenvalue weighted by atomic mass is 10.1. The molecule has 0 aliphatic carbocycles. The van der Waals surface area contributed by atoms with Crippen LogP contribution in [0.15, 0.2) is 12.1 Å². The number of pyridine rings is 1. The zero-order valence-corrected chi connectivity index (χ0v) is 11.5. The summed E-state index contributed by atoms with van der Waals surface area (Å²) in [5.74, 6) is -0.440. The van der Waals surface area contributed by atoms with Gasteiger partial charge in [-0.1, -0.05) is 11.6 Å². The van der Waals surface area contributed by atoms with Crippen molar-refractivity contribution in [2.24, 2.45) is 0 Å². The van der Waals surface area contributed by atoms with E-state index in [0.29, 0.717) is 31.9 Å². The van der Waals surface area contributed by atoms with Gasteiger partial charge in [-0.15, -0.1) is 0 Å². The third-order valence-corrected chi connectivity index (χ3v) is 4.08. The second kappa shape index (κ2) is 4.94. The Morgan fingerprint density at radius 1 is 1.40 bits per heavy atom. The molecule has 0 radical (unpaired) electrons. The number of fused-ring (bicyclic) bond motifs is 1. The molecule has 2 saturated heterocycles. The van der Waals surface area contributed by atoms with Gasteiger partial charge in [0.25, 0.3) is 0 Å². The average Bonchev–Trinajstić information content (AvgIpc) is 2.79. The fourth-order valence-corrected chi connectivity index (χ4v) is 3.03. The van der Waals surface area contributed by atoms with Crippen molar-refractivity contribution < 1.29 is 14.7 Å². The van der Waals surface area contributed by atoms with Crippen LogP contribution in [-0.2, 0) is 4.79 Å². The number of amides is 1. The van der Waals surface area contributed by atoms with Crippen LogP contribution in [0, 0.1) is 0 Å². The smallest absolute Gasteiger partial charge is 0.339 e. The Kier molecular flexibility index (Phi) is 3.25. The molecule has 7 heteroatoms. The lowest BCUT2D eigenvalue weighted by molar-refractivity contribution is -0.129. The van der Waals surface area contributed by atoms with Gasteiger partial charge >= 0.3 is 5.97 Å². The first-order valence-corrected chi connectivity index (χ1v) is 6.88. The molecule has 0 aromatic carbocycles. The van der Waals surface area contributed by atoms with Crippen LogP contribution in [0.2, 0.25) is 5.15 Å². The van der Waals surface area contributed by atoms with Crippen molar-refractivity contribution >= 4 is 29.3 Å². The molecule has 106 valence electrons. The minimum Gasteiger partial charge on any atom is -0.478 e. The van der Waals surface area contributed by atoms with Gasteiger partial charge in [-0.3, -0.25) is 4.79 Å². The van der Waals surface area contributed by atoms with Crippen LogP contribution < -0.4 is 4.90 Å². The van der Waals surface area contributed by atoms with E-state index in [1.165, 1.54) is 12.1 Å². The van der Waals surface area contributed by atoms with E-state index in [9.17, 15) is 14.7 Å². The zero-order valence-electron chi connectivity index (χ0n) is 10.8. The number of carboxylic acids is 1. The molecule has 1 atom stereocenters. The number of carboxylic acid groups (broad SMARTS) is 1. The number of piperazine rings is 1. The molecule has 1 unspecified atom stereocenters. The van der Waals surface area contributed by atoms with Gasteiger partial charge in [0.2, 0.25) is 5.91 Å². The molecule has 1 N–H and O–H groups in total. The first-order valence-electron chi connectivity index (χ1n) is 6.50. The van der Waals surface area contributed by atoms with Crippen LogP contribution in [0.25, 0.3) is 0 Å². The Bertz CT molecular complexity index is 578. The molecule has 0 spiro atoms. The summed E-state index contributed by atoms with van der Waals surface area (Å²) in [6, 6.07) is 3.10. The fraction of sp³-hybridized carbons (Fsp3) is 0.462. The number of anilines is 1. The van der Waals surface area contributed by atoms with E-state index in [4.69, 9.17) is 11.6 Å². The monoisotopic (exact) mass is 295 g/mol. The number of halogens is 1. The lowest BCUT2D eigenvalue weighted by Gasteiger charge is -2.38. The first kappa shape index (κ1) is 13.2. The largest absolute Gasteiger partial charge is 0.478 e. The van der Waals surface area contributed by atoms with Crippen molar-refractivity contribution in [3.8, 4) is 0 Å². The highest BCUT2D eigenvalue weighted by Crippen LogP contribution is 2.28. The van der Waals surface area contributed by atoms with Gasteiger partial charge in [-0.25, -0.2) is 9.78 Å². The van der Waals surface area contributed by atoms with E-state index in [2.05, 4.69) is 4.98 Å². The molecule has 1 amide bonds. The van der Waals surface area contributed by atoms with Crippen molar-refractivity contribution in [3.63, 3.8) is 0 Å². The molecule has 2 aliphatic heterocycles. The number of nitrogens with zero attached hydrogens (tertiary/aromatic N) is 3. The number of carbonyl (C=O) groups excluding carboxylic acids is 1. The van der Waals surface area contributed by atoms with Gasteiger partial charge in [-0.2, -0.15) is 0 Å². The molecular weight excluding hydrogens is 282 g/mol. The van der Waals surface area contributed by atoms with Crippen molar-refractivity contribution in [3.05, 3.63) is 22.8 Å². The molecule has 0 saturated carbocycles. The number of hydrogen-bond acceptors (Lipinski definition) is 4. The highest BCUT2D eigenvalue weighted by atomic mass is 35.5. The summed E-state index contributed by atoms with van der Waals surface area (Å²) >= 11 is 5.88. The second-order valence-corrected chi connectivity index (χ2v) is 5.42. The molecule has 0 bridgehead atoms. The van der Waals surface area contributed by atoms with E-state index in [-0.39, 0.29) is 22.7 Å². The minimum atomic E-state index is -1.02. The molecule has 20 heavy (non-hydrogen) atoms. The van der Waals surface area contributed by atoms with Crippen LogP contribution in [0.4, 0.5) is 5.82 Å². The van der Waals surface area contributed by atoms with Crippen LogP contribution in [0.1, 0.15) is 23.2 Å². The van der Waals surface area contributed by atoms with Crippen molar-refractivity contribution in [2.45, 2.75) is 18.9 Å². The molecule has 2 aliphatic rings. The van der Waals surface area contributed by atoms with Gasteiger partial charge in [-0.05, 0) is 18.6 Å². The Morgan fingerprint density at radius 3 is 2.95 bits per heavy atom. The second-order valence-electron chi connectivity index (χ2n) is 5.04. The van der Waals surface area contributed by atoms with Crippen LogP contribution >= 0.6 is 11.6 Å². The summed E-state index contributed by atoms with van der Waals surface area (Å²) < 4.78 is 0. The SMILES string of the molecule is O=C(O)c1ccc(Cl)nc1N1CCN2C(=O)CCC2C1. The van der Waals surface area contributed by atoms with Crippen molar-refractivity contribution in [2.75, 3.05) is 24.5 Å². The van der Waals surface area contributed by atoms with Crippen molar-refractivity contribution in [1.82, 2.24) is 9.88 Å². The summed E-state index contributed by atoms with van der Waals surface area (Å²) in [6.07, 6.45) is 1.39. The molecular formula is C13H14ClN3O3. The number of aromatic carboxylic acids is 1. The van der Waals surface area contributed by atoms with Gasteiger partial charge in [0, 0.05) is 32.1 Å². The van der Waals surface area contributed by atoms with Crippen LogP contribution in [0.3, 0.4) is 0 Å². The number of rotatable bonds is 2. The van der Waals surface area contributed by atoms with E-state index >= 15 is 0 Å². The Labute approximate surface area is 120 Å². The average molecular weight is 296 g/mol. The van der Waals surface area contributed by atoms with Gasteiger partial charge in [0.15, 0.2) is 0 Å². The van der Waals surface area contributed by atoms with Crippen LogP contribution in [-0.4, -0.2) is 52.5 Å². The first-order chi connectivity index (χ1) is 9.56. The quantitative estimate of drug-likeness (QED) is 0.831. The number of hydrogen-bond donors (Lipinski definition) is 1. The summed E-state index contributed by atoms with van der Waals surface area (Å²) in [5.41, 5.74) is 0.146. The van der Waals surface area contributed by atoms with E-state index in [0.717, 1.165) is 6.42 Å². The summed E-state index contributed by atoms with van der Waals surface area (Å²) in [5, 5.41) is 9.52. The predicted molar refractivity (Wildman–Crippen MR) is 73.2 cm³/mol. The Balaban J connectivity index is 1.89. The van der Waals surface area contributed by atoms with Gasteiger partial charge in [0.1, 0.15) is 16.5 Å². The van der Waals surface area contributed by atoms with Gasteiger partial charge in [0.05, 0.1) is 0 Å². The maximum Gasteiger partial charge on any atom is 0.339 e. The maximum atomic E-state index is 11.7. The van der Waals surface area contributed by atoms with Gasteiger partial charge < -0.3 is 14.9 Å². The minimum absolute atomic E-state index is 0.146. The lowest BCUT2D eigenvalue weighted by Crippen LogP contribution is -2.52. The predicted octanol–water partition coefficient (Wildman–Crippen LogP) is 1.24. The Hall–Kier alpha value is -1.82. The van der Waals surface area contributed by atoms with E-state index in [1.807, 2.05) is 9.80 Å². The molecule has 2 fully saturated rings. The summed E-state index contributed by atoms with van der Waals surface area (Å²) in [6.45, 7) is 1.80. The number of aromatic nitrogens is 1. The fourth-order valence-electron chi connectivity index (χ4n) is 2.89. The topological polar surface area (TPSA) is 73.7 Å². The van der Waals surface area contributed by atoms with Crippen molar-refractivity contribution in [1.29, 1.82) is 0 Å². The maximum absolute atomic E-state index is 11.7. The highest BCUT2D eigenvalue weighted by molar-refractivity contribution is 6.29. The van der Waals surface area contributed by atoms with E-state index < -0.39 is 5.97 Å². The molecule has 3 rings (SSSR count). The summed E-state index contributed by atoms with van der Waals surface area (Å²) in [4.78, 5) is 30.9. The molecule has 1 aromatic rings. The summed E-state index contributed by atoms with van der Waals surface area (Å²) in [7, 11) is 0. The molecule has 3 heterocycles. The molecule has 6 nitrogen and oxygen atoms in total. The molecule has 1 aromatic heterocycles. The highest BCUT2D eigenvalue weighted by Gasteiger charge is 2.36.